The maximum atomic E-state index is 11.7. The van der Waals surface area contributed by atoms with Crippen LogP contribution >= 0.6 is 11.8 Å². The van der Waals surface area contributed by atoms with E-state index in [2.05, 4.69) is 5.32 Å². The van der Waals surface area contributed by atoms with E-state index in [1.807, 2.05) is 0 Å². The summed E-state index contributed by atoms with van der Waals surface area (Å²) in [5, 5.41) is 11.4. The van der Waals surface area contributed by atoms with Crippen LogP contribution in [0.2, 0.25) is 0 Å². The van der Waals surface area contributed by atoms with Gasteiger partial charge >= 0.3 is 0 Å². The maximum Gasteiger partial charge on any atom is 0.248 e. The lowest BCUT2D eigenvalue weighted by Gasteiger charge is -2.40. The standard InChI is InChI=1S/C8H12N2O3S/c11-3-5-8(13)10-1-2-14-4-6(10)7(12)9-5/h5-6,11H,1-4H2,(H,9,12)/t5-,6-/m1/s1. The number of aliphatic hydroxyl groups is 1. The summed E-state index contributed by atoms with van der Waals surface area (Å²) in [6.07, 6.45) is 0. The molecule has 0 aromatic carbocycles. The first-order chi connectivity index (χ1) is 6.74. The fourth-order valence-corrected chi connectivity index (χ4v) is 2.79. The molecule has 0 saturated carbocycles. The zero-order chi connectivity index (χ0) is 10.1. The quantitative estimate of drug-likeness (QED) is 0.555. The monoisotopic (exact) mass is 216 g/mol. The van der Waals surface area contributed by atoms with Crippen LogP contribution < -0.4 is 5.32 Å². The Bertz CT molecular complexity index is 271. The second-order valence-electron chi connectivity index (χ2n) is 3.37. The van der Waals surface area contributed by atoms with Gasteiger partial charge in [0.1, 0.15) is 12.1 Å². The summed E-state index contributed by atoms with van der Waals surface area (Å²) in [4.78, 5) is 24.8. The van der Waals surface area contributed by atoms with Crippen LogP contribution in [0.3, 0.4) is 0 Å². The van der Waals surface area contributed by atoms with Crippen molar-refractivity contribution in [2.75, 3.05) is 24.7 Å². The highest BCUT2D eigenvalue weighted by atomic mass is 32.2. The molecule has 6 heteroatoms. The summed E-state index contributed by atoms with van der Waals surface area (Å²) in [6, 6.07) is -1.06. The van der Waals surface area contributed by atoms with E-state index in [-0.39, 0.29) is 24.5 Å². The second-order valence-corrected chi connectivity index (χ2v) is 4.52. The van der Waals surface area contributed by atoms with E-state index in [1.165, 1.54) is 0 Å². The van der Waals surface area contributed by atoms with Gasteiger partial charge in [0.05, 0.1) is 6.61 Å². The third-order valence-electron chi connectivity index (χ3n) is 2.51. The van der Waals surface area contributed by atoms with Gasteiger partial charge < -0.3 is 15.3 Å². The van der Waals surface area contributed by atoms with Crippen LogP contribution in [-0.4, -0.2) is 58.6 Å². The van der Waals surface area contributed by atoms with Crippen LogP contribution in [0, 0.1) is 0 Å². The van der Waals surface area contributed by atoms with Crippen LogP contribution in [0.5, 0.6) is 0 Å². The van der Waals surface area contributed by atoms with Gasteiger partial charge in [-0.2, -0.15) is 11.8 Å². The molecule has 2 aliphatic heterocycles. The fourth-order valence-electron chi connectivity index (χ4n) is 1.74. The number of nitrogens with one attached hydrogen (secondary N) is 1. The summed E-state index contributed by atoms with van der Waals surface area (Å²) < 4.78 is 0. The van der Waals surface area contributed by atoms with Crippen molar-refractivity contribution in [2.45, 2.75) is 12.1 Å². The number of piperazine rings is 1. The molecule has 0 bridgehead atoms. The zero-order valence-electron chi connectivity index (χ0n) is 7.60. The van der Waals surface area contributed by atoms with Gasteiger partial charge in [-0.15, -0.1) is 0 Å². The number of hydrogen-bond acceptors (Lipinski definition) is 4. The fraction of sp³-hybridized carbons (Fsp3) is 0.750. The van der Waals surface area contributed by atoms with Crippen LogP contribution in [0.1, 0.15) is 0 Å². The molecule has 2 N–H and O–H groups in total. The number of thioether (sulfide) groups is 1. The van der Waals surface area contributed by atoms with Crippen molar-refractivity contribution in [2.24, 2.45) is 0 Å². The van der Waals surface area contributed by atoms with Gasteiger partial charge in [0.2, 0.25) is 11.8 Å². The Labute approximate surface area is 85.8 Å². The van der Waals surface area contributed by atoms with Crippen molar-refractivity contribution in [3.8, 4) is 0 Å². The Kier molecular flexibility index (Phi) is 2.64. The number of aliphatic hydroxyl groups excluding tert-OH is 1. The molecule has 2 fully saturated rings. The molecule has 2 saturated heterocycles. The van der Waals surface area contributed by atoms with Gasteiger partial charge in [0, 0.05) is 18.1 Å². The molecule has 0 spiro atoms. The highest BCUT2D eigenvalue weighted by Crippen LogP contribution is 2.20. The minimum absolute atomic E-state index is 0.143. The average molecular weight is 216 g/mol. The first-order valence-electron chi connectivity index (χ1n) is 4.53. The van der Waals surface area contributed by atoms with E-state index in [9.17, 15) is 9.59 Å². The predicted molar refractivity (Wildman–Crippen MR) is 51.8 cm³/mol. The number of fused-ring (bicyclic) bond motifs is 1. The number of hydrogen-bond donors (Lipinski definition) is 2. The maximum absolute atomic E-state index is 11.7. The molecule has 5 nitrogen and oxygen atoms in total. The van der Waals surface area contributed by atoms with E-state index in [1.54, 1.807) is 16.7 Å². The van der Waals surface area contributed by atoms with Gasteiger partial charge in [-0.25, -0.2) is 0 Å². The lowest BCUT2D eigenvalue weighted by molar-refractivity contribution is -0.149. The molecule has 0 aliphatic carbocycles. The second kappa shape index (κ2) is 3.78. The van der Waals surface area contributed by atoms with E-state index in [0.29, 0.717) is 12.3 Å². The van der Waals surface area contributed by atoms with Crippen molar-refractivity contribution < 1.29 is 14.7 Å². The lowest BCUT2D eigenvalue weighted by Crippen LogP contribution is -2.66. The van der Waals surface area contributed by atoms with Crippen molar-refractivity contribution in [1.82, 2.24) is 10.2 Å². The van der Waals surface area contributed by atoms with E-state index in [4.69, 9.17) is 5.11 Å². The molecule has 2 rings (SSSR count). The first kappa shape index (κ1) is 9.79. The molecule has 78 valence electrons. The number of amides is 2. The molecule has 2 amide bonds. The molecular formula is C8H12N2O3S. The van der Waals surface area contributed by atoms with Crippen molar-refractivity contribution in [3.63, 3.8) is 0 Å². The molecule has 2 heterocycles. The Morgan fingerprint density at radius 1 is 1.57 bits per heavy atom. The number of rotatable bonds is 1. The molecular weight excluding hydrogens is 204 g/mol. The van der Waals surface area contributed by atoms with Gasteiger partial charge in [-0.05, 0) is 0 Å². The van der Waals surface area contributed by atoms with Crippen LogP contribution in [0.15, 0.2) is 0 Å². The summed E-state index contributed by atoms with van der Waals surface area (Å²) in [6.45, 7) is 0.291. The first-order valence-corrected chi connectivity index (χ1v) is 5.69. The highest BCUT2D eigenvalue weighted by molar-refractivity contribution is 7.99. The van der Waals surface area contributed by atoms with Gasteiger partial charge in [0.15, 0.2) is 0 Å². The van der Waals surface area contributed by atoms with Crippen molar-refractivity contribution >= 4 is 23.6 Å². The van der Waals surface area contributed by atoms with Crippen LogP contribution in [-0.2, 0) is 9.59 Å². The van der Waals surface area contributed by atoms with Crippen molar-refractivity contribution in [3.05, 3.63) is 0 Å². The summed E-state index contributed by atoms with van der Waals surface area (Å²) in [7, 11) is 0. The largest absolute Gasteiger partial charge is 0.394 e. The van der Waals surface area contributed by atoms with Gasteiger partial charge in [-0.3, -0.25) is 9.59 Å². The normalized spacial score (nSPS) is 32.5. The van der Waals surface area contributed by atoms with Crippen LogP contribution in [0.4, 0.5) is 0 Å². The summed E-state index contributed by atoms with van der Waals surface area (Å²) in [5.74, 6) is 1.23. The predicted octanol–water partition coefficient (Wildman–Crippen LogP) is -1.58. The van der Waals surface area contributed by atoms with Gasteiger partial charge in [0.25, 0.3) is 0 Å². The SMILES string of the molecule is O=C1N[C@H](CO)C(=O)N2CCSC[C@H]12. The number of nitrogens with zero attached hydrogens (tertiary/aromatic N) is 1. The topological polar surface area (TPSA) is 69.6 Å². The third kappa shape index (κ3) is 1.48. The van der Waals surface area contributed by atoms with Crippen molar-refractivity contribution in [1.29, 1.82) is 0 Å². The van der Waals surface area contributed by atoms with E-state index >= 15 is 0 Å². The Hall–Kier alpha value is -0.750. The smallest absolute Gasteiger partial charge is 0.248 e. The van der Waals surface area contributed by atoms with Crippen LogP contribution in [0.25, 0.3) is 0 Å². The number of carbonyl (C=O) groups is 2. The molecule has 2 atom stereocenters. The molecule has 2 aliphatic rings. The molecule has 0 aromatic rings. The van der Waals surface area contributed by atoms with Gasteiger partial charge in [-0.1, -0.05) is 0 Å². The average Bonchev–Trinajstić information content (AvgIpc) is 2.23. The summed E-state index contributed by atoms with van der Waals surface area (Å²) in [5.41, 5.74) is 0. The highest BCUT2D eigenvalue weighted by Gasteiger charge is 2.41. The Morgan fingerprint density at radius 2 is 2.36 bits per heavy atom. The zero-order valence-corrected chi connectivity index (χ0v) is 8.42. The minimum Gasteiger partial charge on any atom is -0.394 e. The summed E-state index contributed by atoms with van der Waals surface area (Å²) >= 11 is 1.68. The van der Waals surface area contributed by atoms with E-state index < -0.39 is 6.04 Å². The Balaban J connectivity index is 2.17. The van der Waals surface area contributed by atoms with E-state index in [0.717, 1.165) is 5.75 Å². The lowest BCUT2D eigenvalue weighted by atomic mass is 10.1. The third-order valence-corrected chi connectivity index (χ3v) is 3.53. The minimum atomic E-state index is -0.734. The Morgan fingerprint density at radius 3 is 3.07 bits per heavy atom. The molecule has 14 heavy (non-hydrogen) atoms. The molecule has 0 radical (unpaired) electrons. The molecule has 0 aromatic heterocycles. The number of carbonyl (C=O) groups excluding carboxylic acids is 2. The molecule has 0 unspecified atom stereocenters.